The van der Waals surface area contributed by atoms with Crippen LogP contribution in [-0.2, 0) is 34.5 Å². The van der Waals surface area contributed by atoms with E-state index in [-0.39, 0.29) is 24.9 Å². The lowest BCUT2D eigenvalue weighted by Crippen LogP contribution is -2.44. The molecule has 1 aromatic carbocycles. The number of nitrogens with one attached hydrogen (secondary N) is 1. The average molecular weight is 575 g/mol. The number of benzene rings is 1. The van der Waals surface area contributed by atoms with E-state index >= 15 is 0 Å². The fraction of sp³-hybridized carbons (Fsp3) is 0.407. The molecule has 9 nitrogen and oxygen atoms in total. The molecule has 0 bridgehead atoms. The zero-order chi connectivity index (χ0) is 28.8. The van der Waals surface area contributed by atoms with E-state index in [9.17, 15) is 26.4 Å². The van der Waals surface area contributed by atoms with Gasteiger partial charge in [-0.25, -0.2) is 18.4 Å². The van der Waals surface area contributed by atoms with Crippen molar-refractivity contribution in [3.63, 3.8) is 0 Å². The Labute approximate surface area is 230 Å². The number of carbonyl (C=O) groups is 1. The normalized spacial score (nSPS) is 19.6. The molecule has 0 saturated heterocycles. The van der Waals surface area contributed by atoms with Crippen molar-refractivity contribution in [1.29, 1.82) is 0 Å². The summed E-state index contributed by atoms with van der Waals surface area (Å²) < 4.78 is 64.6. The van der Waals surface area contributed by atoms with Crippen LogP contribution in [0.2, 0.25) is 0 Å². The van der Waals surface area contributed by atoms with Crippen LogP contribution in [0.4, 0.5) is 13.2 Å². The largest absolute Gasteiger partial charge is 0.511 e. The number of aliphatic imine (C=N–C) groups is 2. The highest BCUT2D eigenvalue weighted by Crippen LogP contribution is 2.32. The lowest BCUT2D eigenvalue weighted by atomic mass is 9.90. The van der Waals surface area contributed by atoms with E-state index in [1.54, 1.807) is 12.3 Å². The number of aryl methyl sites for hydroxylation is 1. The first-order valence-corrected chi connectivity index (χ1v) is 14.4. The Balaban J connectivity index is 1.28. The number of sulfonamides is 1. The van der Waals surface area contributed by atoms with Crippen LogP contribution < -0.4 is 5.32 Å². The van der Waals surface area contributed by atoms with Crippen LogP contribution in [0.25, 0.3) is 11.3 Å². The fourth-order valence-corrected chi connectivity index (χ4v) is 6.07. The first-order chi connectivity index (χ1) is 18.9. The number of fused-ring (bicyclic) bond motifs is 2. The van der Waals surface area contributed by atoms with Gasteiger partial charge in [0.2, 0.25) is 5.91 Å². The number of hydrogen-bond acceptors (Lipinski definition) is 6. The lowest BCUT2D eigenvalue weighted by molar-refractivity contribution is -0.117. The zero-order valence-corrected chi connectivity index (χ0v) is 23.1. The number of hydrogen-bond donors (Lipinski definition) is 1. The van der Waals surface area contributed by atoms with Crippen LogP contribution in [0.3, 0.4) is 0 Å². The number of carbonyl (C=O) groups excluding carboxylic acids is 1. The molecule has 2 aromatic rings. The topological polar surface area (TPSA) is 109 Å². The van der Waals surface area contributed by atoms with Gasteiger partial charge in [-0.05, 0) is 49.5 Å². The van der Waals surface area contributed by atoms with Crippen molar-refractivity contribution < 1.29 is 26.4 Å². The summed E-state index contributed by atoms with van der Waals surface area (Å²) in [5.41, 5.74) is 0.539. The van der Waals surface area contributed by atoms with Gasteiger partial charge < -0.3 is 5.32 Å². The molecule has 3 aliphatic heterocycles. The maximum absolute atomic E-state index is 13.1. The summed E-state index contributed by atoms with van der Waals surface area (Å²) >= 11 is 0. The molecule has 4 heterocycles. The first kappa shape index (κ1) is 28.0. The van der Waals surface area contributed by atoms with Gasteiger partial charge in [-0.15, -0.1) is 0 Å². The number of allylic oxidation sites excluding steroid dienone is 2. The van der Waals surface area contributed by atoms with Gasteiger partial charge in [0, 0.05) is 36.4 Å². The number of amides is 1. The van der Waals surface area contributed by atoms with E-state index in [4.69, 9.17) is 0 Å². The Morgan fingerprint density at radius 1 is 1.18 bits per heavy atom. The van der Waals surface area contributed by atoms with Crippen molar-refractivity contribution >= 4 is 28.0 Å². The molecule has 1 aromatic heterocycles. The molecule has 5 rings (SSSR count). The molecule has 0 aliphatic carbocycles. The van der Waals surface area contributed by atoms with Crippen molar-refractivity contribution in [2.75, 3.05) is 6.54 Å². The number of halogens is 3. The fourth-order valence-electron chi connectivity index (χ4n) is 5.16. The highest BCUT2D eigenvalue weighted by molar-refractivity contribution is 7.89. The molecular weight excluding hydrogens is 545 g/mol. The maximum Gasteiger partial charge on any atom is 0.511 e. The number of nitrogens with zero attached hydrogens (tertiary/aromatic N) is 5. The monoisotopic (exact) mass is 574 g/mol. The molecule has 1 N–H and O–H groups in total. The molecule has 1 unspecified atom stereocenters. The van der Waals surface area contributed by atoms with Gasteiger partial charge in [0.05, 0.1) is 30.2 Å². The molecule has 13 heteroatoms. The molecule has 1 atom stereocenters. The van der Waals surface area contributed by atoms with Crippen molar-refractivity contribution in [3.05, 3.63) is 64.0 Å². The molecule has 0 spiro atoms. The van der Waals surface area contributed by atoms with Crippen LogP contribution in [-0.4, -0.2) is 52.5 Å². The second kappa shape index (κ2) is 10.4. The van der Waals surface area contributed by atoms with Crippen molar-refractivity contribution in [2.45, 2.75) is 58.8 Å². The van der Waals surface area contributed by atoms with E-state index < -0.39 is 22.1 Å². The van der Waals surface area contributed by atoms with Gasteiger partial charge in [-0.3, -0.25) is 9.48 Å². The Bertz CT molecular complexity index is 1600. The van der Waals surface area contributed by atoms with Gasteiger partial charge >= 0.3 is 15.5 Å². The summed E-state index contributed by atoms with van der Waals surface area (Å²) in [5.74, 6) is 0.562. The molecule has 1 amide bonds. The van der Waals surface area contributed by atoms with E-state index in [1.165, 1.54) is 4.68 Å². The van der Waals surface area contributed by atoms with Gasteiger partial charge in [0.25, 0.3) is 0 Å². The van der Waals surface area contributed by atoms with E-state index in [0.29, 0.717) is 40.7 Å². The van der Waals surface area contributed by atoms with Gasteiger partial charge in [0.1, 0.15) is 5.84 Å². The minimum atomic E-state index is -5.41. The standard InChI is InChI=1S/C27H29F3N6O3S/c1-4-23-22(11-19-9-16(2)13-31-25(19)33-23)26(37)32-14-18-5-6-21(17(3)10-18)24-12-20-15-35(7-8-36(20)34-24)40(38,39)27(28,29)30/h5-6,9-10,12-13,19H,4,7-8,11,14-15H2,1-3H3,(H,32,37). The number of alkyl halides is 3. The van der Waals surface area contributed by atoms with Crippen LogP contribution >= 0.6 is 0 Å². The third kappa shape index (κ3) is 5.27. The Morgan fingerprint density at radius 3 is 2.65 bits per heavy atom. The summed E-state index contributed by atoms with van der Waals surface area (Å²) in [6, 6.07) is 7.24. The molecule has 3 aliphatic rings. The second-order valence-corrected chi connectivity index (χ2v) is 12.0. The van der Waals surface area contributed by atoms with Crippen LogP contribution in [0, 0.1) is 12.8 Å². The second-order valence-electron chi connectivity index (χ2n) is 10.1. The predicted molar refractivity (Wildman–Crippen MR) is 145 cm³/mol. The van der Waals surface area contributed by atoms with Crippen molar-refractivity contribution in [2.24, 2.45) is 15.9 Å². The molecule has 40 heavy (non-hydrogen) atoms. The molecule has 212 valence electrons. The van der Waals surface area contributed by atoms with E-state index in [1.807, 2.05) is 39.0 Å². The van der Waals surface area contributed by atoms with E-state index in [2.05, 4.69) is 26.5 Å². The van der Waals surface area contributed by atoms with Crippen molar-refractivity contribution in [1.82, 2.24) is 19.4 Å². The minimum absolute atomic E-state index is 0.0102. The lowest BCUT2D eigenvalue weighted by Gasteiger charge is -2.27. The first-order valence-electron chi connectivity index (χ1n) is 12.9. The van der Waals surface area contributed by atoms with Crippen LogP contribution in [0.1, 0.15) is 43.5 Å². The van der Waals surface area contributed by atoms with Crippen molar-refractivity contribution in [3.8, 4) is 11.3 Å². The average Bonchev–Trinajstić information content (AvgIpc) is 3.33. The van der Waals surface area contributed by atoms with E-state index in [0.717, 1.165) is 33.8 Å². The molecule has 0 saturated carbocycles. The highest BCUT2D eigenvalue weighted by atomic mass is 32.2. The number of rotatable bonds is 6. The van der Waals surface area contributed by atoms with Crippen LogP contribution in [0.15, 0.2) is 57.2 Å². The number of dihydropyridines is 1. The Morgan fingerprint density at radius 2 is 1.95 bits per heavy atom. The molecular formula is C27H29F3N6O3S. The Kier molecular flexibility index (Phi) is 7.29. The summed E-state index contributed by atoms with van der Waals surface area (Å²) in [5, 5.41) is 7.49. The minimum Gasteiger partial charge on any atom is -0.348 e. The van der Waals surface area contributed by atoms with Gasteiger partial charge in [0.15, 0.2) is 0 Å². The zero-order valence-electron chi connectivity index (χ0n) is 22.3. The third-order valence-corrected chi connectivity index (χ3v) is 8.82. The smallest absolute Gasteiger partial charge is 0.348 e. The Hall–Kier alpha value is -3.58. The van der Waals surface area contributed by atoms with Gasteiger partial charge in [-0.2, -0.15) is 22.6 Å². The van der Waals surface area contributed by atoms with Gasteiger partial charge in [-0.1, -0.05) is 31.2 Å². The summed E-state index contributed by atoms with van der Waals surface area (Å²) in [7, 11) is -5.41. The predicted octanol–water partition coefficient (Wildman–Crippen LogP) is 4.25. The third-order valence-electron chi connectivity index (χ3n) is 7.24. The quantitative estimate of drug-likeness (QED) is 0.556. The molecule has 0 fully saturated rings. The number of aromatic nitrogens is 2. The SMILES string of the molecule is CCC1=C(C(=O)NCc2ccc(-c3cc4n(n3)CCN(S(=O)(=O)C(F)(F)F)C4)c(C)c2)CC2C=C(C)C=NC2=N1. The summed E-state index contributed by atoms with van der Waals surface area (Å²) in [6.45, 7) is 5.44. The summed E-state index contributed by atoms with van der Waals surface area (Å²) in [6.07, 6.45) is 5.03. The van der Waals surface area contributed by atoms with Crippen LogP contribution in [0.5, 0.6) is 0 Å². The maximum atomic E-state index is 13.1. The highest BCUT2D eigenvalue weighted by Gasteiger charge is 2.50. The summed E-state index contributed by atoms with van der Waals surface area (Å²) in [4.78, 5) is 22.2. The molecule has 0 radical (unpaired) electrons. The number of amidine groups is 1.